The summed E-state index contributed by atoms with van der Waals surface area (Å²) in [7, 11) is 2.23. The number of nitrogens with one attached hydrogen (secondary N) is 1. The number of nitrogens with two attached hydrogens (primary N) is 1. The van der Waals surface area contributed by atoms with Crippen molar-refractivity contribution in [3.05, 3.63) is 0 Å². The molecule has 1 unspecified atom stereocenters. The van der Waals surface area contributed by atoms with Crippen LogP contribution in [0, 0.1) is 5.92 Å². The van der Waals surface area contributed by atoms with E-state index in [0.717, 1.165) is 38.3 Å². The number of nitrogens with zero attached hydrogens (tertiary/aromatic N) is 1. The molecule has 0 saturated heterocycles. The van der Waals surface area contributed by atoms with Gasteiger partial charge in [0.1, 0.15) is 0 Å². The van der Waals surface area contributed by atoms with Crippen LogP contribution in [0.3, 0.4) is 0 Å². The van der Waals surface area contributed by atoms with E-state index in [-0.39, 0.29) is 5.91 Å². The molecule has 1 saturated carbocycles. The van der Waals surface area contributed by atoms with Gasteiger partial charge in [-0.25, -0.2) is 0 Å². The Hall–Kier alpha value is -0.610. The molecule has 3 N–H and O–H groups in total. The minimum Gasteiger partial charge on any atom is -0.368 e. The molecule has 1 aliphatic rings. The summed E-state index contributed by atoms with van der Waals surface area (Å²) < 4.78 is 0. The normalized spacial score (nSPS) is 19.6. The van der Waals surface area contributed by atoms with Gasteiger partial charge >= 0.3 is 0 Å². The summed E-state index contributed by atoms with van der Waals surface area (Å²) in [6.07, 6.45) is 10.1. The van der Waals surface area contributed by atoms with E-state index in [0.29, 0.717) is 0 Å². The van der Waals surface area contributed by atoms with Gasteiger partial charge in [0, 0.05) is 6.54 Å². The van der Waals surface area contributed by atoms with Crippen LogP contribution in [-0.2, 0) is 4.79 Å². The standard InChI is InChI=1S/C17H35N3O/c1-4-19-17(2,16(18)21)12-8-9-13-20(3)14-15-10-6-5-7-11-15/h15,19H,4-14H2,1-3H3,(H2,18,21). The minimum atomic E-state index is -0.545. The van der Waals surface area contributed by atoms with Crippen LogP contribution in [0.1, 0.15) is 65.2 Å². The lowest BCUT2D eigenvalue weighted by Gasteiger charge is -2.28. The lowest BCUT2D eigenvalue weighted by molar-refractivity contribution is -0.124. The maximum absolute atomic E-state index is 11.6. The highest BCUT2D eigenvalue weighted by Gasteiger charge is 2.28. The van der Waals surface area contributed by atoms with Crippen LogP contribution >= 0.6 is 0 Å². The van der Waals surface area contributed by atoms with E-state index in [1.807, 2.05) is 13.8 Å². The van der Waals surface area contributed by atoms with Crippen LogP contribution in [0.4, 0.5) is 0 Å². The molecule has 0 bridgehead atoms. The first kappa shape index (κ1) is 18.4. The summed E-state index contributed by atoms with van der Waals surface area (Å²) in [5.74, 6) is 0.668. The Morgan fingerprint density at radius 3 is 2.52 bits per heavy atom. The molecule has 0 heterocycles. The largest absolute Gasteiger partial charge is 0.368 e. The third-order valence-corrected chi connectivity index (χ3v) is 4.87. The summed E-state index contributed by atoms with van der Waals surface area (Å²) in [5, 5.41) is 3.22. The fraction of sp³-hybridized carbons (Fsp3) is 0.941. The number of hydrogen-bond acceptors (Lipinski definition) is 3. The van der Waals surface area contributed by atoms with Crippen LogP contribution in [0.15, 0.2) is 0 Å². The van der Waals surface area contributed by atoms with Gasteiger partial charge < -0.3 is 16.0 Å². The summed E-state index contributed by atoms with van der Waals surface area (Å²) in [5.41, 5.74) is 4.97. The first-order chi connectivity index (χ1) is 9.98. The molecule has 4 heteroatoms. The van der Waals surface area contributed by atoms with Gasteiger partial charge in [-0.15, -0.1) is 0 Å². The Bertz CT molecular complexity index is 302. The van der Waals surface area contributed by atoms with Gasteiger partial charge in [-0.05, 0) is 65.1 Å². The minimum absolute atomic E-state index is 0.236. The van der Waals surface area contributed by atoms with E-state index in [1.54, 1.807) is 0 Å². The molecule has 0 aromatic heterocycles. The van der Waals surface area contributed by atoms with Crippen molar-refractivity contribution in [3.63, 3.8) is 0 Å². The highest BCUT2D eigenvalue weighted by molar-refractivity contribution is 5.84. The van der Waals surface area contributed by atoms with Gasteiger partial charge in [0.25, 0.3) is 0 Å². The predicted molar refractivity (Wildman–Crippen MR) is 89.2 cm³/mol. The van der Waals surface area contributed by atoms with Crippen molar-refractivity contribution in [3.8, 4) is 0 Å². The fourth-order valence-corrected chi connectivity index (χ4v) is 3.45. The van der Waals surface area contributed by atoms with Crippen molar-refractivity contribution in [2.75, 3.05) is 26.7 Å². The molecule has 124 valence electrons. The van der Waals surface area contributed by atoms with E-state index in [1.165, 1.54) is 38.6 Å². The van der Waals surface area contributed by atoms with Crippen molar-refractivity contribution in [2.45, 2.75) is 70.8 Å². The highest BCUT2D eigenvalue weighted by atomic mass is 16.1. The third-order valence-electron chi connectivity index (χ3n) is 4.87. The fourth-order valence-electron chi connectivity index (χ4n) is 3.45. The maximum Gasteiger partial charge on any atom is 0.237 e. The molecular formula is C17H35N3O. The average molecular weight is 297 g/mol. The molecule has 0 aliphatic heterocycles. The van der Waals surface area contributed by atoms with Crippen LogP contribution in [0.5, 0.6) is 0 Å². The molecule has 0 aromatic carbocycles. The number of unbranched alkanes of at least 4 members (excludes halogenated alkanes) is 1. The van der Waals surface area contributed by atoms with Crippen molar-refractivity contribution in [1.29, 1.82) is 0 Å². The van der Waals surface area contributed by atoms with Crippen LogP contribution in [0.25, 0.3) is 0 Å². The monoisotopic (exact) mass is 297 g/mol. The van der Waals surface area contributed by atoms with Gasteiger partial charge in [-0.2, -0.15) is 0 Å². The molecule has 1 rings (SSSR count). The summed E-state index contributed by atoms with van der Waals surface area (Å²) in [6, 6.07) is 0. The molecule has 4 nitrogen and oxygen atoms in total. The number of amides is 1. The SMILES string of the molecule is CCNC(C)(CCCCN(C)CC1CCCCC1)C(N)=O. The van der Waals surface area contributed by atoms with Crippen LogP contribution in [0.2, 0.25) is 0 Å². The molecule has 1 fully saturated rings. The second-order valence-corrected chi connectivity index (χ2v) is 6.95. The van der Waals surface area contributed by atoms with Crippen molar-refractivity contribution in [2.24, 2.45) is 11.7 Å². The number of carbonyl (C=O) groups is 1. The Kier molecular flexibility index (Phi) is 8.27. The zero-order valence-electron chi connectivity index (χ0n) is 14.3. The zero-order chi connectivity index (χ0) is 15.7. The van der Waals surface area contributed by atoms with E-state index < -0.39 is 5.54 Å². The Labute approximate surface area is 130 Å². The molecule has 1 atom stereocenters. The van der Waals surface area contributed by atoms with Gasteiger partial charge in [-0.3, -0.25) is 4.79 Å². The summed E-state index contributed by atoms with van der Waals surface area (Å²) in [4.78, 5) is 14.0. The molecule has 1 aliphatic carbocycles. The van der Waals surface area contributed by atoms with Gasteiger partial charge in [0.2, 0.25) is 5.91 Å². The number of rotatable bonds is 10. The van der Waals surface area contributed by atoms with Crippen LogP contribution in [-0.4, -0.2) is 43.0 Å². The Morgan fingerprint density at radius 2 is 1.95 bits per heavy atom. The summed E-state index contributed by atoms with van der Waals surface area (Å²) >= 11 is 0. The molecular weight excluding hydrogens is 262 g/mol. The number of carbonyl (C=O) groups excluding carboxylic acids is 1. The first-order valence-electron chi connectivity index (χ1n) is 8.71. The number of likely N-dealkylation sites (N-methyl/N-ethyl adjacent to an activating group) is 1. The van der Waals surface area contributed by atoms with Crippen molar-refractivity contribution >= 4 is 5.91 Å². The lowest BCUT2D eigenvalue weighted by Crippen LogP contribution is -2.53. The van der Waals surface area contributed by atoms with Gasteiger partial charge in [-0.1, -0.05) is 26.2 Å². The molecule has 1 amide bonds. The maximum atomic E-state index is 11.6. The van der Waals surface area contributed by atoms with E-state index >= 15 is 0 Å². The quantitative estimate of drug-likeness (QED) is 0.609. The zero-order valence-corrected chi connectivity index (χ0v) is 14.3. The second kappa shape index (κ2) is 9.42. The smallest absolute Gasteiger partial charge is 0.237 e. The highest BCUT2D eigenvalue weighted by Crippen LogP contribution is 2.24. The van der Waals surface area contributed by atoms with Gasteiger partial charge in [0.05, 0.1) is 5.54 Å². The molecule has 0 spiro atoms. The molecule has 0 aromatic rings. The number of hydrogen-bond donors (Lipinski definition) is 2. The topological polar surface area (TPSA) is 58.4 Å². The van der Waals surface area contributed by atoms with Crippen molar-refractivity contribution < 1.29 is 4.79 Å². The Morgan fingerprint density at radius 1 is 1.29 bits per heavy atom. The van der Waals surface area contributed by atoms with Gasteiger partial charge in [0.15, 0.2) is 0 Å². The molecule has 0 radical (unpaired) electrons. The molecule has 21 heavy (non-hydrogen) atoms. The van der Waals surface area contributed by atoms with E-state index in [9.17, 15) is 4.79 Å². The van der Waals surface area contributed by atoms with E-state index in [2.05, 4.69) is 17.3 Å². The van der Waals surface area contributed by atoms with Crippen LogP contribution < -0.4 is 11.1 Å². The lowest BCUT2D eigenvalue weighted by atomic mass is 9.89. The first-order valence-corrected chi connectivity index (χ1v) is 8.71. The average Bonchev–Trinajstić information content (AvgIpc) is 2.45. The number of primary amides is 1. The second-order valence-electron chi connectivity index (χ2n) is 6.95. The third kappa shape index (κ3) is 6.79. The van der Waals surface area contributed by atoms with E-state index in [4.69, 9.17) is 5.73 Å². The van der Waals surface area contributed by atoms with Crippen molar-refractivity contribution in [1.82, 2.24) is 10.2 Å². The predicted octanol–water partition coefficient (Wildman–Crippen LogP) is 2.52. The summed E-state index contributed by atoms with van der Waals surface area (Å²) in [6.45, 7) is 7.07. The Balaban J connectivity index is 2.18.